The van der Waals surface area contributed by atoms with Gasteiger partial charge < -0.3 is 19.9 Å². The van der Waals surface area contributed by atoms with Gasteiger partial charge in [-0.2, -0.15) is 0 Å². The Morgan fingerprint density at radius 1 is 0.921 bits per heavy atom. The first-order valence-corrected chi connectivity index (χ1v) is 12.6. The molecular formula is C33H28FNO3. The summed E-state index contributed by atoms with van der Waals surface area (Å²) in [5, 5.41) is 14.2. The molecule has 190 valence electrons. The van der Waals surface area contributed by atoms with Crippen molar-refractivity contribution in [2.75, 3.05) is 12.4 Å². The summed E-state index contributed by atoms with van der Waals surface area (Å²) >= 11 is 0. The number of rotatable bonds is 3. The average molecular weight is 506 g/mol. The van der Waals surface area contributed by atoms with Gasteiger partial charge in [0.15, 0.2) is 11.5 Å². The van der Waals surface area contributed by atoms with Crippen LogP contribution >= 0.6 is 0 Å². The first-order chi connectivity index (χ1) is 18.3. The Morgan fingerprint density at radius 2 is 1.74 bits per heavy atom. The Labute approximate surface area is 221 Å². The van der Waals surface area contributed by atoms with E-state index in [1.807, 2.05) is 42.5 Å². The number of aromatic hydroxyl groups is 1. The van der Waals surface area contributed by atoms with Crippen LogP contribution in [0.25, 0.3) is 39.7 Å². The molecule has 0 bridgehead atoms. The van der Waals surface area contributed by atoms with Crippen molar-refractivity contribution in [3.8, 4) is 39.5 Å². The lowest BCUT2D eigenvalue weighted by molar-refractivity contribution is 0.371. The van der Waals surface area contributed by atoms with Crippen LogP contribution in [0.1, 0.15) is 37.5 Å². The Morgan fingerprint density at radius 3 is 2.53 bits per heavy atom. The zero-order valence-electron chi connectivity index (χ0n) is 21.7. The van der Waals surface area contributed by atoms with Gasteiger partial charge >= 0.3 is 0 Å². The van der Waals surface area contributed by atoms with Crippen molar-refractivity contribution in [3.63, 3.8) is 0 Å². The Bertz CT molecular complexity index is 1670. The minimum Gasteiger partial charge on any atom is -0.504 e. The van der Waals surface area contributed by atoms with Gasteiger partial charge in [-0.05, 0) is 73.9 Å². The maximum atomic E-state index is 14.5. The van der Waals surface area contributed by atoms with Gasteiger partial charge in [-0.3, -0.25) is 0 Å². The predicted molar refractivity (Wildman–Crippen MR) is 152 cm³/mol. The van der Waals surface area contributed by atoms with Gasteiger partial charge in [-0.15, -0.1) is 0 Å². The summed E-state index contributed by atoms with van der Waals surface area (Å²) in [4.78, 5) is 0. The van der Waals surface area contributed by atoms with Crippen LogP contribution in [0.3, 0.4) is 0 Å². The number of nitrogens with one attached hydrogen (secondary N) is 1. The largest absolute Gasteiger partial charge is 0.504 e. The molecule has 0 amide bonds. The number of ether oxygens (including phenoxy) is 2. The average Bonchev–Trinajstić information content (AvgIpc) is 2.88. The summed E-state index contributed by atoms with van der Waals surface area (Å²) in [7, 11) is 1.54. The molecule has 2 heterocycles. The van der Waals surface area contributed by atoms with Crippen LogP contribution in [0.15, 0.2) is 78.9 Å². The monoisotopic (exact) mass is 505 g/mol. The highest BCUT2D eigenvalue weighted by Crippen LogP contribution is 2.54. The van der Waals surface area contributed by atoms with Crippen LogP contribution in [0.2, 0.25) is 0 Å². The minimum absolute atomic E-state index is 0.0510. The van der Waals surface area contributed by atoms with Gasteiger partial charge in [0.25, 0.3) is 0 Å². The van der Waals surface area contributed by atoms with Crippen molar-refractivity contribution in [1.29, 1.82) is 0 Å². The van der Waals surface area contributed by atoms with Crippen LogP contribution in [0, 0.1) is 5.82 Å². The van der Waals surface area contributed by atoms with Gasteiger partial charge in [0.05, 0.1) is 18.2 Å². The second-order valence-electron chi connectivity index (χ2n) is 10.3. The normalized spacial score (nSPS) is 15.9. The molecule has 6 rings (SSSR count). The molecule has 38 heavy (non-hydrogen) atoms. The zero-order chi connectivity index (χ0) is 26.6. The van der Waals surface area contributed by atoms with Gasteiger partial charge in [0.2, 0.25) is 0 Å². The van der Waals surface area contributed by atoms with E-state index in [0.717, 1.165) is 39.1 Å². The van der Waals surface area contributed by atoms with E-state index in [1.54, 1.807) is 31.4 Å². The van der Waals surface area contributed by atoms with Gasteiger partial charge in [-0.25, -0.2) is 4.39 Å². The number of benzene rings is 4. The molecule has 0 saturated carbocycles. The summed E-state index contributed by atoms with van der Waals surface area (Å²) in [5.74, 6) is 1.41. The second kappa shape index (κ2) is 8.80. The van der Waals surface area contributed by atoms with Crippen molar-refractivity contribution >= 4 is 23.1 Å². The highest BCUT2D eigenvalue weighted by molar-refractivity contribution is 6.02. The van der Waals surface area contributed by atoms with E-state index in [-0.39, 0.29) is 17.1 Å². The van der Waals surface area contributed by atoms with E-state index >= 15 is 0 Å². The van der Waals surface area contributed by atoms with Gasteiger partial charge in [0, 0.05) is 27.9 Å². The van der Waals surface area contributed by atoms with Crippen molar-refractivity contribution in [2.24, 2.45) is 0 Å². The molecule has 0 atom stereocenters. The van der Waals surface area contributed by atoms with Crippen molar-refractivity contribution in [2.45, 2.75) is 26.3 Å². The molecule has 0 saturated heterocycles. The summed E-state index contributed by atoms with van der Waals surface area (Å²) < 4.78 is 26.7. The zero-order valence-corrected chi connectivity index (χ0v) is 21.7. The van der Waals surface area contributed by atoms with Crippen molar-refractivity contribution in [3.05, 3.63) is 101 Å². The number of allylic oxidation sites excluding steroid dienone is 1. The summed E-state index contributed by atoms with van der Waals surface area (Å²) in [6.07, 6.45) is 4.19. The van der Waals surface area contributed by atoms with Gasteiger partial charge in [-0.1, -0.05) is 48.5 Å². The number of phenolic OH excluding ortho intramolecular Hbond substituents is 1. The lowest BCUT2D eigenvalue weighted by atomic mass is 9.82. The van der Waals surface area contributed by atoms with Crippen LogP contribution in [-0.4, -0.2) is 17.8 Å². The van der Waals surface area contributed by atoms with Crippen LogP contribution in [0.5, 0.6) is 17.2 Å². The molecule has 0 radical (unpaired) electrons. The highest BCUT2D eigenvalue weighted by atomic mass is 19.1. The van der Waals surface area contributed by atoms with Crippen LogP contribution < -0.4 is 14.8 Å². The molecule has 2 aliphatic heterocycles. The molecule has 0 aliphatic carbocycles. The summed E-state index contributed by atoms with van der Waals surface area (Å²) in [6.45, 7) is 6.38. The number of hydrogen-bond acceptors (Lipinski definition) is 4. The third kappa shape index (κ3) is 3.91. The molecule has 0 aromatic heterocycles. The number of fused-ring (bicyclic) bond motifs is 5. The van der Waals surface area contributed by atoms with Crippen LogP contribution in [0.4, 0.5) is 10.1 Å². The minimum atomic E-state index is -0.263. The fraction of sp³-hybridized carbons (Fsp3) is 0.152. The molecule has 4 aromatic rings. The molecule has 0 spiro atoms. The smallest absolute Gasteiger partial charge is 0.172 e. The van der Waals surface area contributed by atoms with Gasteiger partial charge in [0.1, 0.15) is 17.3 Å². The van der Waals surface area contributed by atoms with E-state index in [2.05, 4.69) is 38.2 Å². The number of halogens is 1. The third-order valence-electron chi connectivity index (χ3n) is 7.04. The quantitative estimate of drug-likeness (QED) is 0.294. The second-order valence-corrected chi connectivity index (χ2v) is 10.3. The first kappa shape index (κ1) is 23.9. The van der Waals surface area contributed by atoms with Crippen LogP contribution in [-0.2, 0) is 0 Å². The molecule has 4 aromatic carbocycles. The standard InChI is InChI=1S/C33H28FNO3/c1-19-18-33(2,3)35-25-13-12-23-30(29(19)25)28(38-27-15-14-26(36)32(37-4)31(23)27)17-20-8-7-9-21(16-20)22-10-5-6-11-24(22)34/h5-18,35-36H,1-4H3/b28-17-. The Hall–Kier alpha value is -4.51. The molecule has 0 fully saturated rings. The first-order valence-electron chi connectivity index (χ1n) is 12.6. The fourth-order valence-electron chi connectivity index (χ4n) is 5.59. The molecule has 4 nitrogen and oxygen atoms in total. The lowest BCUT2D eigenvalue weighted by Crippen LogP contribution is -2.32. The highest BCUT2D eigenvalue weighted by Gasteiger charge is 2.33. The fourth-order valence-corrected chi connectivity index (χ4v) is 5.59. The number of anilines is 1. The van der Waals surface area contributed by atoms with E-state index in [0.29, 0.717) is 28.4 Å². The molecular weight excluding hydrogens is 477 g/mol. The summed E-state index contributed by atoms with van der Waals surface area (Å²) in [5.41, 5.74) is 7.70. The van der Waals surface area contributed by atoms with Crippen molar-refractivity contribution < 1.29 is 19.0 Å². The Balaban J connectivity index is 1.59. The lowest BCUT2D eigenvalue weighted by Gasteiger charge is -2.35. The predicted octanol–water partition coefficient (Wildman–Crippen LogP) is 8.37. The van der Waals surface area contributed by atoms with E-state index in [9.17, 15) is 9.50 Å². The third-order valence-corrected chi connectivity index (χ3v) is 7.04. The Kier molecular flexibility index (Phi) is 5.53. The summed E-state index contributed by atoms with van der Waals surface area (Å²) in [6, 6.07) is 22.0. The SMILES string of the molecule is COc1c(O)ccc2c1-c1ccc3c(c1/C(=C/c1cccc(-c4ccccc4F)c1)O2)C(C)=CC(C)(C)N3. The molecule has 2 N–H and O–H groups in total. The number of phenols is 1. The number of methoxy groups -OCH3 is 1. The maximum Gasteiger partial charge on any atom is 0.172 e. The molecule has 0 unspecified atom stereocenters. The van der Waals surface area contributed by atoms with E-state index in [1.165, 1.54) is 6.07 Å². The van der Waals surface area contributed by atoms with E-state index in [4.69, 9.17) is 9.47 Å². The molecule has 2 aliphatic rings. The van der Waals surface area contributed by atoms with E-state index < -0.39 is 0 Å². The maximum absolute atomic E-state index is 14.5. The number of hydrogen-bond donors (Lipinski definition) is 2. The topological polar surface area (TPSA) is 50.7 Å². The van der Waals surface area contributed by atoms with Crippen molar-refractivity contribution in [1.82, 2.24) is 0 Å². The molecule has 5 heteroatoms.